The van der Waals surface area contributed by atoms with Gasteiger partial charge in [0.1, 0.15) is 11.6 Å². The number of halogens is 1. The van der Waals surface area contributed by atoms with Gasteiger partial charge < -0.3 is 15.0 Å². The number of nitrogens with zero attached hydrogens (tertiary/aromatic N) is 2. The molecule has 0 aliphatic heterocycles. The highest BCUT2D eigenvalue weighted by molar-refractivity contribution is 6.30. The molecular weight excluding hydrogens is 438 g/mol. The predicted octanol–water partition coefficient (Wildman–Crippen LogP) is 5.59. The molecule has 33 heavy (non-hydrogen) atoms. The highest BCUT2D eigenvalue weighted by Crippen LogP contribution is 2.25. The number of anilines is 1. The van der Waals surface area contributed by atoms with Gasteiger partial charge >= 0.3 is 5.97 Å². The van der Waals surface area contributed by atoms with E-state index in [4.69, 9.17) is 16.7 Å². The van der Waals surface area contributed by atoms with E-state index >= 15 is 0 Å². The molecule has 0 unspecified atom stereocenters. The molecule has 162 valence electrons. The summed E-state index contributed by atoms with van der Waals surface area (Å²) in [5.74, 6) is -1.72. The average molecular weight is 456 g/mol. The topological polar surface area (TPSA) is 95.1 Å². The molecule has 4 aromatic rings. The van der Waals surface area contributed by atoms with Gasteiger partial charge in [-0.1, -0.05) is 48.0 Å². The van der Waals surface area contributed by atoms with Gasteiger partial charge in [0.15, 0.2) is 0 Å². The fraction of sp³-hybridized carbons (Fsp3) is 0.0385. The summed E-state index contributed by atoms with van der Waals surface area (Å²) in [7, 11) is 0. The summed E-state index contributed by atoms with van der Waals surface area (Å²) in [6, 6.07) is 23.1. The van der Waals surface area contributed by atoms with E-state index in [9.17, 15) is 14.9 Å². The van der Waals surface area contributed by atoms with Crippen LogP contribution in [-0.4, -0.2) is 21.6 Å². The van der Waals surface area contributed by atoms with Crippen LogP contribution in [0.1, 0.15) is 21.5 Å². The van der Waals surface area contributed by atoms with Crippen LogP contribution in [0.5, 0.6) is 0 Å². The van der Waals surface area contributed by atoms with Crippen LogP contribution in [0.2, 0.25) is 5.02 Å². The van der Waals surface area contributed by atoms with E-state index in [2.05, 4.69) is 5.32 Å². The van der Waals surface area contributed by atoms with Crippen molar-refractivity contribution in [3.63, 3.8) is 0 Å². The molecule has 2 N–H and O–H groups in total. The van der Waals surface area contributed by atoms with E-state index in [1.807, 2.05) is 65.4 Å². The fourth-order valence-corrected chi connectivity index (χ4v) is 3.67. The monoisotopic (exact) mass is 455 g/mol. The number of amides is 1. The second-order valence-electron chi connectivity index (χ2n) is 7.37. The van der Waals surface area contributed by atoms with Crippen molar-refractivity contribution in [2.24, 2.45) is 0 Å². The maximum absolute atomic E-state index is 12.7. The van der Waals surface area contributed by atoms with E-state index in [-0.39, 0.29) is 11.1 Å². The molecule has 0 radical (unpaired) electrons. The van der Waals surface area contributed by atoms with Gasteiger partial charge in [-0.25, -0.2) is 4.79 Å². The minimum atomic E-state index is -1.10. The van der Waals surface area contributed by atoms with Gasteiger partial charge in [0.2, 0.25) is 0 Å². The molecule has 1 heterocycles. The zero-order valence-corrected chi connectivity index (χ0v) is 18.1. The lowest BCUT2D eigenvalue weighted by atomic mass is 10.1. The molecule has 0 aliphatic carbocycles. The number of rotatable bonds is 6. The molecule has 6 nitrogen and oxygen atoms in total. The lowest BCUT2D eigenvalue weighted by molar-refractivity contribution is -0.112. The van der Waals surface area contributed by atoms with Crippen LogP contribution < -0.4 is 5.32 Å². The molecule has 7 heteroatoms. The van der Waals surface area contributed by atoms with Crippen molar-refractivity contribution in [2.45, 2.75) is 6.54 Å². The third kappa shape index (κ3) is 4.95. The van der Waals surface area contributed by atoms with E-state index in [0.717, 1.165) is 22.0 Å². The number of aromatic nitrogens is 1. The van der Waals surface area contributed by atoms with Crippen molar-refractivity contribution >= 4 is 46.1 Å². The Kier molecular flexibility index (Phi) is 6.25. The van der Waals surface area contributed by atoms with Gasteiger partial charge in [0, 0.05) is 39.9 Å². The Morgan fingerprint density at radius 1 is 1.06 bits per heavy atom. The molecule has 0 bridgehead atoms. The van der Waals surface area contributed by atoms with Crippen molar-refractivity contribution in [2.75, 3.05) is 5.32 Å². The minimum Gasteiger partial charge on any atom is -0.478 e. The lowest BCUT2D eigenvalue weighted by Gasteiger charge is -2.05. The van der Waals surface area contributed by atoms with Crippen LogP contribution in [0.25, 0.3) is 17.0 Å². The Morgan fingerprint density at radius 3 is 2.55 bits per heavy atom. The number of fused-ring (bicyclic) bond motifs is 1. The summed E-state index contributed by atoms with van der Waals surface area (Å²) in [5, 5.41) is 22.9. The third-order valence-electron chi connectivity index (χ3n) is 5.12. The van der Waals surface area contributed by atoms with Crippen LogP contribution in [0, 0.1) is 11.3 Å². The maximum atomic E-state index is 12.7. The van der Waals surface area contributed by atoms with Gasteiger partial charge in [-0.05, 0) is 48.0 Å². The number of carboxylic acid groups (broad SMARTS) is 1. The Balaban J connectivity index is 1.66. The highest BCUT2D eigenvalue weighted by Gasteiger charge is 2.14. The Hall–Kier alpha value is -4.34. The maximum Gasteiger partial charge on any atom is 0.335 e. The first kappa shape index (κ1) is 21.9. The van der Waals surface area contributed by atoms with Crippen molar-refractivity contribution in [1.29, 1.82) is 5.26 Å². The van der Waals surface area contributed by atoms with Gasteiger partial charge in [-0.3, -0.25) is 4.79 Å². The van der Waals surface area contributed by atoms with E-state index < -0.39 is 11.9 Å². The zero-order chi connectivity index (χ0) is 23.4. The summed E-state index contributed by atoms with van der Waals surface area (Å²) in [6.45, 7) is 0.599. The predicted molar refractivity (Wildman–Crippen MR) is 128 cm³/mol. The SMILES string of the molecule is N#C/C(=C/c1cn(Cc2ccc(Cl)cc2)c2ccccc12)C(=O)Nc1cccc(C(=O)O)c1. The molecule has 3 aromatic carbocycles. The number of benzene rings is 3. The molecule has 4 rings (SSSR count). The number of carbonyl (C=O) groups excluding carboxylic acids is 1. The summed E-state index contributed by atoms with van der Waals surface area (Å²) >= 11 is 5.99. The smallest absolute Gasteiger partial charge is 0.335 e. The van der Waals surface area contributed by atoms with Gasteiger partial charge in [-0.15, -0.1) is 0 Å². The van der Waals surface area contributed by atoms with Crippen molar-refractivity contribution in [3.8, 4) is 6.07 Å². The second kappa shape index (κ2) is 9.43. The molecule has 0 saturated carbocycles. The Labute approximate surface area is 195 Å². The number of carboxylic acids is 1. The van der Waals surface area contributed by atoms with Crippen LogP contribution in [0.3, 0.4) is 0 Å². The van der Waals surface area contributed by atoms with Crippen molar-refractivity contribution < 1.29 is 14.7 Å². The number of carbonyl (C=O) groups is 2. The lowest BCUT2D eigenvalue weighted by Crippen LogP contribution is -2.13. The highest BCUT2D eigenvalue weighted by atomic mass is 35.5. The van der Waals surface area contributed by atoms with E-state index in [1.165, 1.54) is 24.3 Å². The van der Waals surface area contributed by atoms with E-state index in [0.29, 0.717) is 17.3 Å². The first-order valence-corrected chi connectivity index (χ1v) is 10.4. The molecular formula is C26H18ClN3O3. The number of aromatic carboxylic acids is 1. The van der Waals surface area contributed by atoms with E-state index in [1.54, 1.807) is 6.07 Å². The first-order valence-electron chi connectivity index (χ1n) is 10.0. The first-order chi connectivity index (χ1) is 15.9. The Bertz CT molecular complexity index is 1430. The van der Waals surface area contributed by atoms with Crippen LogP contribution >= 0.6 is 11.6 Å². The molecule has 1 amide bonds. The number of nitriles is 1. The van der Waals surface area contributed by atoms with Crippen LogP contribution in [0.4, 0.5) is 5.69 Å². The molecule has 0 saturated heterocycles. The zero-order valence-electron chi connectivity index (χ0n) is 17.3. The summed E-state index contributed by atoms with van der Waals surface area (Å²) in [4.78, 5) is 23.9. The number of nitrogens with one attached hydrogen (secondary N) is 1. The molecule has 1 aromatic heterocycles. The number of para-hydroxylation sites is 1. The summed E-state index contributed by atoms with van der Waals surface area (Å²) < 4.78 is 2.05. The van der Waals surface area contributed by atoms with Crippen LogP contribution in [-0.2, 0) is 11.3 Å². The number of hydrogen-bond acceptors (Lipinski definition) is 3. The Morgan fingerprint density at radius 2 is 1.82 bits per heavy atom. The van der Waals surface area contributed by atoms with Crippen molar-refractivity contribution in [3.05, 3.63) is 106 Å². The van der Waals surface area contributed by atoms with Crippen LogP contribution in [0.15, 0.2) is 84.6 Å². The average Bonchev–Trinajstić information content (AvgIpc) is 3.16. The largest absolute Gasteiger partial charge is 0.478 e. The minimum absolute atomic E-state index is 0.0422. The third-order valence-corrected chi connectivity index (χ3v) is 5.37. The van der Waals surface area contributed by atoms with Gasteiger partial charge in [-0.2, -0.15) is 5.26 Å². The van der Waals surface area contributed by atoms with Crippen molar-refractivity contribution in [1.82, 2.24) is 4.57 Å². The van der Waals surface area contributed by atoms with Gasteiger partial charge in [0.05, 0.1) is 5.56 Å². The summed E-state index contributed by atoms with van der Waals surface area (Å²) in [5.41, 5.74) is 3.00. The number of hydrogen-bond donors (Lipinski definition) is 2. The molecule has 0 fully saturated rings. The normalized spacial score (nSPS) is 11.2. The fourth-order valence-electron chi connectivity index (χ4n) is 3.54. The molecule has 0 aliphatic rings. The second-order valence-corrected chi connectivity index (χ2v) is 7.80. The molecule has 0 atom stereocenters. The summed E-state index contributed by atoms with van der Waals surface area (Å²) in [6.07, 6.45) is 3.44. The van der Waals surface area contributed by atoms with Gasteiger partial charge in [0.25, 0.3) is 5.91 Å². The quantitative estimate of drug-likeness (QED) is 0.293. The molecule has 0 spiro atoms. The standard InChI is InChI=1S/C26H18ClN3O3/c27-21-10-8-17(9-11-21)15-30-16-20(23-6-1-2-7-24(23)30)12-19(14-28)25(31)29-22-5-3-4-18(13-22)26(32)33/h1-13,16H,15H2,(H,29,31)(H,32,33)/b19-12-.